The molecular weight excluding hydrogens is 244 g/mol. The van der Waals surface area contributed by atoms with Gasteiger partial charge in [-0.05, 0) is 25.0 Å². The van der Waals surface area contributed by atoms with Gasteiger partial charge in [-0.2, -0.15) is 0 Å². The zero-order chi connectivity index (χ0) is 10.3. The van der Waals surface area contributed by atoms with Gasteiger partial charge in [0.25, 0.3) is 0 Å². The van der Waals surface area contributed by atoms with E-state index in [1.54, 1.807) is 18.2 Å². The topological polar surface area (TPSA) is 43.1 Å². The van der Waals surface area contributed by atoms with Crippen molar-refractivity contribution in [2.75, 3.05) is 0 Å². The molecule has 2 rings (SSSR count). The molecule has 1 fully saturated rings. The fourth-order valence-corrected chi connectivity index (χ4v) is 1.70. The van der Waals surface area contributed by atoms with Gasteiger partial charge < -0.3 is 7.16 Å². The van der Waals surface area contributed by atoms with Crippen molar-refractivity contribution in [1.82, 2.24) is 0 Å². The molecule has 0 aromatic heterocycles. The van der Waals surface area contributed by atoms with Gasteiger partial charge in [0.2, 0.25) is 0 Å². The third-order valence-corrected chi connectivity index (χ3v) is 3.26. The summed E-state index contributed by atoms with van der Waals surface area (Å²) in [6.07, 6.45) is 1.46. The minimum absolute atomic E-state index is 0. The maximum absolute atomic E-state index is 11.8. The van der Waals surface area contributed by atoms with Crippen LogP contribution in [0.4, 0.5) is 0 Å². The summed E-state index contributed by atoms with van der Waals surface area (Å²) in [5, 5.41) is 0.692. The maximum atomic E-state index is 11.8. The molecule has 15 heavy (non-hydrogen) atoms. The second-order valence-electron chi connectivity index (χ2n) is 3.59. The number of benzene rings is 1. The predicted octanol–water partition coefficient (Wildman–Crippen LogP) is -0.216. The van der Waals surface area contributed by atoms with E-state index in [-0.39, 0.29) is 36.8 Å². The number of rotatable bonds is 2. The summed E-state index contributed by atoms with van der Waals surface area (Å²) in [5.41, 5.74) is 5.53. The quantitative estimate of drug-likeness (QED) is 0.586. The van der Waals surface area contributed by atoms with E-state index in [1.165, 1.54) is 0 Å². The van der Waals surface area contributed by atoms with Crippen LogP contribution in [-0.2, 0) is 0 Å². The van der Waals surface area contributed by atoms with Gasteiger partial charge in [-0.25, -0.2) is 0 Å². The summed E-state index contributed by atoms with van der Waals surface area (Å²) in [5.74, 6) is -0.106. The number of Topliss-reactive ketones (excluding diaryl/α,β-unsaturated/α-hetero) is 1. The molecule has 1 aliphatic rings. The van der Waals surface area contributed by atoms with Crippen molar-refractivity contribution >= 4 is 29.0 Å². The van der Waals surface area contributed by atoms with E-state index in [0.717, 1.165) is 12.8 Å². The van der Waals surface area contributed by atoms with Gasteiger partial charge in [-0.15, -0.1) is 0 Å². The van der Waals surface area contributed by atoms with Gasteiger partial charge in [-0.3, -0.25) is 4.79 Å². The first-order valence-corrected chi connectivity index (χ1v) is 5.08. The molecule has 1 saturated carbocycles. The van der Waals surface area contributed by atoms with E-state index in [0.29, 0.717) is 15.6 Å². The molecule has 2 nitrogen and oxygen atoms in total. The summed E-state index contributed by atoms with van der Waals surface area (Å²) in [4.78, 5) is 11.8. The number of hydrogen-bond donors (Lipinski definition) is 1. The van der Waals surface area contributed by atoms with Crippen molar-refractivity contribution in [3.63, 3.8) is 0 Å². The minimum atomic E-state index is -0.686. The van der Waals surface area contributed by atoms with Crippen LogP contribution in [0.5, 0.6) is 0 Å². The Morgan fingerprint density at radius 2 is 2.00 bits per heavy atom. The molecular formula is C10H10Cl2NNaO. The average molecular weight is 254 g/mol. The summed E-state index contributed by atoms with van der Waals surface area (Å²) in [7, 11) is 0. The van der Waals surface area contributed by atoms with E-state index < -0.39 is 5.54 Å². The molecule has 0 atom stereocenters. The Morgan fingerprint density at radius 1 is 1.40 bits per heavy atom. The first-order chi connectivity index (χ1) is 6.54. The first-order valence-electron chi connectivity index (χ1n) is 4.32. The fraction of sp³-hybridized carbons (Fsp3) is 0.300. The van der Waals surface area contributed by atoms with E-state index in [1.807, 2.05) is 0 Å². The Labute approximate surface area is 122 Å². The Bertz CT molecular complexity index is 410. The van der Waals surface area contributed by atoms with Crippen molar-refractivity contribution in [3.05, 3.63) is 33.8 Å². The molecule has 1 aliphatic carbocycles. The Balaban J connectivity index is 0.00000112. The van der Waals surface area contributed by atoms with Crippen LogP contribution in [-0.4, -0.2) is 11.3 Å². The monoisotopic (exact) mass is 253 g/mol. The number of nitrogens with two attached hydrogens (primary N) is 1. The van der Waals surface area contributed by atoms with E-state index in [2.05, 4.69) is 0 Å². The molecule has 0 aliphatic heterocycles. The van der Waals surface area contributed by atoms with Gasteiger partial charge in [-0.1, -0.05) is 29.3 Å². The van der Waals surface area contributed by atoms with Gasteiger partial charge in [0.15, 0.2) is 5.78 Å². The zero-order valence-electron chi connectivity index (χ0n) is 9.39. The number of carbonyl (C=O) groups is 1. The molecule has 1 aromatic carbocycles. The fourth-order valence-electron chi connectivity index (χ4n) is 1.31. The number of carbonyl (C=O) groups excluding carboxylic acids is 1. The first kappa shape index (κ1) is 13.5. The SMILES string of the molecule is NC1(C(=O)c2cccc(Cl)c2Cl)CC1.[H-].[Na+]. The van der Waals surface area contributed by atoms with Crippen LogP contribution in [0.25, 0.3) is 0 Å². The minimum Gasteiger partial charge on any atom is -1.00 e. The van der Waals surface area contributed by atoms with Gasteiger partial charge >= 0.3 is 29.6 Å². The number of hydrogen-bond acceptors (Lipinski definition) is 2. The normalized spacial score (nSPS) is 16.7. The molecule has 2 N–H and O–H groups in total. The van der Waals surface area contributed by atoms with Gasteiger partial charge in [0.1, 0.15) is 0 Å². The standard InChI is InChI=1S/C10H9Cl2NO.Na.H/c11-7-3-1-2-6(8(7)12)9(14)10(13)4-5-10;;/h1-3H,4-5,13H2;;/q;+1;-1. The van der Waals surface area contributed by atoms with Crippen LogP contribution >= 0.6 is 23.2 Å². The van der Waals surface area contributed by atoms with Crippen molar-refractivity contribution in [2.24, 2.45) is 5.73 Å². The van der Waals surface area contributed by atoms with Crippen LogP contribution in [0.2, 0.25) is 10.0 Å². The van der Waals surface area contributed by atoms with Crippen LogP contribution in [0.1, 0.15) is 24.6 Å². The van der Waals surface area contributed by atoms with Crippen LogP contribution in [0.15, 0.2) is 18.2 Å². The molecule has 0 radical (unpaired) electrons. The van der Waals surface area contributed by atoms with Crippen LogP contribution < -0.4 is 35.3 Å². The summed E-state index contributed by atoms with van der Waals surface area (Å²) in [6, 6.07) is 5.01. The van der Waals surface area contributed by atoms with Crippen molar-refractivity contribution in [3.8, 4) is 0 Å². The molecule has 0 bridgehead atoms. The van der Waals surface area contributed by atoms with E-state index >= 15 is 0 Å². The molecule has 5 heteroatoms. The van der Waals surface area contributed by atoms with Crippen molar-refractivity contribution in [2.45, 2.75) is 18.4 Å². The molecule has 0 amide bonds. The van der Waals surface area contributed by atoms with Crippen LogP contribution in [0.3, 0.4) is 0 Å². The molecule has 0 saturated heterocycles. The largest absolute Gasteiger partial charge is 1.00 e. The molecule has 0 unspecified atom stereocenters. The number of ketones is 1. The smallest absolute Gasteiger partial charge is 1.00 e. The van der Waals surface area contributed by atoms with E-state index in [4.69, 9.17) is 28.9 Å². The summed E-state index contributed by atoms with van der Waals surface area (Å²) in [6.45, 7) is 0. The summed E-state index contributed by atoms with van der Waals surface area (Å²) >= 11 is 11.7. The maximum Gasteiger partial charge on any atom is 1.00 e. The van der Waals surface area contributed by atoms with Crippen molar-refractivity contribution < 1.29 is 35.8 Å². The molecule has 0 spiro atoms. The molecule has 76 valence electrons. The molecule has 1 aromatic rings. The number of halogens is 2. The Kier molecular flexibility index (Phi) is 4.27. The Morgan fingerprint density at radius 3 is 2.53 bits per heavy atom. The third-order valence-electron chi connectivity index (χ3n) is 2.44. The summed E-state index contributed by atoms with van der Waals surface area (Å²) < 4.78 is 0. The third kappa shape index (κ3) is 2.57. The van der Waals surface area contributed by atoms with Gasteiger partial charge in [0, 0.05) is 5.56 Å². The Hall–Kier alpha value is 0.430. The van der Waals surface area contributed by atoms with Gasteiger partial charge in [0.05, 0.1) is 15.6 Å². The second kappa shape index (κ2) is 4.74. The van der Waals surface area contributed by atoms with Crippen LogP contribution in [0, 0.1) is 0 Å². The van der Waals surface area contributed by atoms with E-state index in [9.17, 15) is 4.79 Å². The predicted molar refractivity (Wildman–Crippen MR) is 58.1 cm³/mol. The molecule has 0 heterocycles. The zero-order valence-corrected chi connectivity index (χ0v) is 11.9. The average Bonchev–Trinajstić information content (AvgIpc) is 2.89. The van der Waals surface area contributed by atoms with Crippen molar-refractivity contribution in [1.29, 1.82) is 0 Å². The second-order valence-corrected chi connectivity index (χ2v) is 4.37.